The first kappa shape index (κ1) is 20.2. The third-order valence-electron chi connectivity index (χ3n) is 4.89. The maximum Gasteiger partial charge on any atom is 0.343 e. The van der Waals surface area contributed by atoms with E-state index in [1.807, 2.05) is 62.4 Å². The molecule has 0 unspecified atom stereocenters. The molecule has 0 aliphatic carbocycles. The zero-order valence-electron chi connectivity index (χ0n) is 17.4. The maximum atomic E-state index is 13.2. The van der Waals surface area contributed by atoms with Crippen molar-refractivity contribution in [3.05, 3.63) is 120 Å². The van der Waals surface area contributed by atoms with E-state index in [1.54, 1.807) is 58.5 Å². The monoisotopic (exact) mass is 410 g/mol. The van der Waals surface area contributed by atoms with Gasteiger partial charge in [-0.25, -0.2) is 9.80 Å². The number of benzene rings is 3. The second-order valence-electron chi connectivity index (χ2n) is 7.30. The first-order valence-corrected chi connectivity index (χ1v) is 9.94. The van der Waals surface area contributed by atoms with Crippen molar-refractivity contribution in [2.24, 2.45) is 0 Å². The molecule has 4 rings (SSSR count). The molecule has 0 N–H and O–H groups in total. The molecular formula is C26H22N2O3. The van der Waals surface area contributed by atoms with Gasteiger partial charge in [-0.2, -0.15) is 0 Å². The maximum absolute atomic E-state index is 13.2. The van der Waals surface area contributed by atoms with E-state index in [4.69, 9.17) is 4.74 Å². The van der Waals surface area contributed by atoms with Gasteiger partial charge in [0.2, 0.25) is 0 Å². The van der Waals surface area contributed by atoms with Gasteiger partial charge in [-0.3, -0.25) is 9.47 Å². The molecule has 0 spiro atoms. The molecule has 4 aromatic rings. The Morgan fingerprint density at radius 3 is 1.77 bits per heavy atom. The number of carbonyl (C=O) groups excluding carboxylic acids is 2. The molecule has 3 aromatic carbocycles. The van der Waals surface area contributed by atoms with Crippen LogP contribution < -0.4 is 9.75 Å². The van der Waals surface area contributed by atoms with Crippen molar-refractivity contribution >= 4 is 17.6 Å². The fourth-order valence-corrected chi connectivity index (χ4v) is 3.14. The molecule has 5 nitrogen and oxygen atoms in total. The number of esters is 1. The van der Waals surface area contributed by atoms with E-state index in [-0.39, 0.29) is 5.91 Å². The Kier molecular flexibility index (Phi) is 5.67. The van der Waals surface area contributed by atoms with Crippen LogP contribution in [0.3, 0.4) is 0 Å². The first-order valence-electron chi connectivity index (χ1n) is 9.94. The summed E-state index contributed by atoms with van der Waals surface area (Å²) in [7, 11) is 0. The van der Waals surface area contributed by atoms with Crippen LogP contribution in [0.4, 0.5) is 5.69 Å². The lowest BCUT2D eigenvalue weighted by Gasteiger charge is -2.24. The highest BCUT2D eigenvalue weighted by Crippen LogP contribution is 2.23. The summed E-state index contributed by atoms with van der Waals surface area (Å²) in [6.45, 7) is 3.94. The van der Waals surface area contributed by atoms with Crippen LogP contribution >= 0.6 is 0 Å². The van der Waals surface area contributed by atoms with Crippen molar-refractivity contribution in [1.29, 1.82) is 0 Å². The highest BCUT2D eigenvalue weighted by molar-refractivity contribution is 6.05. The van der Waals surface area contributed by atoms with Crippen LogP contribution in [0.1, 0.15) is 31.8 Å². The van der Waals surface area contributed by atoms with Crippen molar-refractivity contribution < 1.29 is 14.3 Å². The molecular weight excluding hydrogens is 388 g/mol. The Morgan fingerprint density at radius 2 is 1.23 bits per heavy atom. The predicted octanol–water partition coefficient (Wildman–Crippen LogP) is 5.43. The van der Waals surface area contributed by atoms with E-state index in [1.165, 1.54) is 0 Å². The first-order chi connectivity index (χ1) is 15.0. The van der Waals surface area contributed by atoms with Gasteiger partial charge in [0, 0.05) is 18.0 Å². The molecule has 0 bridgehead atoms. The smallest absolute Gasteiger partial charge is 0.343 e. The number of hydrogen-bond acceptors (Lipinski definition) is 3. The summed E-state index contributed by atoms with van der Waals surface area (Å²) in [5.41, 5.74) is 3.87. The van der Waals surface area contributed by atoms with Gasteiger partial charge in [0.05, 0.1) is 11.3 Å². The average Bonchev–Trinajstić information content (AvgIpc) is 3.30. The number of anilines is 1. The van der Waals surface area contributed by atoms with Crippen molar-refractivity contribution in [3.8, 4) is 5.75 Å². The minimum absolute atomic E-state index is 0.166. The number of ether oxygens (including phenoxy) is 1. The average molecular weight is 410 g/mol. The Labute approximate surface area is 181 Å². The summed E-state index contributed by atoms with van der Waals surface area (Å²) in [4.78, 5) is 25.6. The molecule has 0 saturated carbocycles. The standard InChI is InChI=1S/C26H22N2O3/c1-19-5-9-21(10-6-19)25(29)28(27-17-3-4-18-27)23-13-15-24(16-14-23)31-26(30)22-11-7-20(2)8-12-22/h3-18H,1-2H3. The van der Waals surface area contributed by atoms with Gasteiger partial charge in [-0.1, -0.05) is 35.4 Å². The summed E-state index contributed by atoms with van der Waals surface area (Å²) >= 11 is 0. The number of hydrogen-bond donors (Lipinski definition) is 0. The van der Waals surface area contributed by atoms with Gasteiger partial charge in [0.15, 0.2) is 0 Å². The number of aryl methyl sites for hydroxylation is 2. The lowest BCUT2D eigenvalue weighted by Crippen LogP contribution is -2.35. The number of rotatable bonds is 5. The largest absolute Gasteiger partial charge is 0.423 e. The summed E-state index contributed by atoms with van der Waals surface area (Å²) in [5.74, 6) is -0.184. The van der Waals surface area contributed by atoms with Crippen molar-refractivity contribution in [3.63, 3.8) is 0 Å². The molecule has 154 valence electrons. The predicted molar refractivity (Wildman–Crippen MR) is 120 cm³/mol. The van der Waals surface area contributed by atoms with Crippen molar-refractivity contribution in [2.45, 2.75) is 13.8 Å². The minimum Gasteiger partial charge on any atom is -0.423 e. The van der Waals surface area contributed by atoms with Crippen LogP contribution in [0.25, 0.3) is 0 Å². The van der Waals surface area contributed by atoms with Crippen LogP contribution in [-0.4, -0.2) is 16.6 Å². The molecule has 0 radical (unpaired) electrons. The third-order valence-corrected chi connectivity index (χ3v) is 4.89. The lowest BCUT2D eigenvalue weighted by molar-refractivity contribution is 0.0734. The lowest BCUT2D eigenvalue weighted by atomic mass is 10.1. The Bertz CT molecular complexity index is 1180. The second kappa shape index (κ2) is 8.71. The van der Waals surface area contributed by atoms with Gasteiger partial charge < -0.3 is 4.74 Å². The van der Waals surface area contributed by atoms with E-state index in [9.17, 15) is 9.59 Å². The van der Waals surface area contributed by atoms with Gasteiger partial charge in [0.1, 0.15) is 5.75 Å². The summed E-state index contributed by atoms with van der Waals surface area (Å²) in [6, 6.07) is 25.2. The number of aromatic nitrogens is 1. The van der Waals surface area contributed by atoms with E-state index in [2.05, 4.69) is 0 Å². The van der Waals surface area contributed by atoms with Crippen LogP contribution in [0.5, 0.6) is 5.75 Å². The Balaban J connectivity index is 1.58. The SMILES string of the molecule is Cc1ccc(C(=O)Oc2ccc(N(C(=O)c3ccc(C)cc3)n3cccc3)cc2)cc1. The molecule has 1 heterocycles. The second-order valence-corrected chi connectivity index (χ2v) is 7.30. The van der Waals surface area contributed by atoms with Crippen molar-refractivity contribution in [2.75, 3.05) is 5.01 Å². The molecule has 0 aliphatic heterocycles. The highest BCUT2D eigenvalue weighted by atomic mass is 16.5. The number of nitrogens with zero attached hydrogens (tertiary/aromatic N) is 2. The molecule has 0 atom stereocenters. The molecule has 31 heavy (non-hydrogen) atoms. The van der Waals surface area contributed by atoms with Gasteiger partial charge in [-0.05, 0) is 74.5 Å². The quantitative estimate of drug-likeness (QED) is 0.325. The van der Waals surface area contributed by atoms with E-state index in [0.29, 0.717) is 22.6 Å². The Morgan fingerprint density at radius 1 is 0.710 bits per heavy atom. The third kappa shape index (κ3) is 4.56. The molecule has 0 aliphatic rings. The van der Waals surface area contributed by atoms with Gasteiger partial charge in [0.25, 0.3) is 5.91 Å². The molecule has 1 aromatic heterocycles. The summed E-state index contributed by atoms with van der Waals surface area (Å²) in [5, 5.41) is 1.57. The Hall–Kier alpha value is -4.12. The van der Waals surface area contributed by atoms with E-state index < -0.39 is 5.97 Å². The fraction of sp³-hybridized carbons (Fsp3) is 0.0769. The number of amides is 1. The fourth-order valence-electron chi connectivity index (χ4n) is 3.14. The normalized spacial score (nSPS) is 10.5. The summed E-state index contributed by atoms with van der Waals surface area (Å²) < 4.78 is 7.19. The zero-order chi connectivity index (χ0) is 21.8. The van der Waals surface area contributed by atoms with E-state index in [0.717, 1.165) is 11.1 Å². The van der Waals surface area contributed by atoms with Gasteiger partial charge >= 0.3 is 5.97 Å². The molecule has 0 saturated heterocycles. The minimum atomic E-state index is -0.425. The van der Waals surface area contributed by atoms with E-state index >= 15 is 0 Å². The molecule has 1 amide bonds. The molecule has 5 heteroatoms. The summed E-state index contributed by atoms with van der Waals surface area (Å²) in [6.07, 6.45) is 3.61. The van der Waals surface area contributed by atoms with Crippen LogP contribution in [-0.2, 0) is 0 Å². The van der Waals surface area contributed by atoms with Crippen LogP contribution in [0.2, 0.25) is 0 Å². The van der Waals surface area contributed by atoms with Gasteiger partial charge in [-0.15, -0.1) is 0 Å². The zero-order valence-corrected chi connectivity index (χ0v) is 17.4. The van der Waals surface area contributed by atoms with Crippen LogP contribution in [0.15, 0.2) is 97.3 Å². The van der Waals surface area contributed by atoms with Crippen LogP contribution in [0, 0.1) is 13.8 Å². The molecule has 0 fully saturated rings. The highest BCUT2D eigenvalue weighted by Gasteiger charge is 2.19. The number of carbonyl (C=O) groups is 2. The topological polar surface area (TPSA) is 51.5 Å². The van der Waals surface area contributed by atoms with Crippen molar-refractivity contribution in [1.82, 2.24) is 4.68 Å².